The number of benzene rings is 1. The molecule has 4 heteroatoms. The number of rotatable bonds is 3. The summed E-state index contributed by atoms with van der Waals surface area (Å²) in [6.45, 7) is 0.991. The van der Waals surface area contributed by atoms with E-state index in [2.05, 4.69) is 4.57 Å². The minimum atomic E-state index is -0.298. The van der Waals surface area contributed by atoms with Gasteiger partial charge in [-0.15, -0.1) is 0 Å². The van der Waals surface area contributed by atoms with Gasteiger partial charge < -0.3 is 4.57 Å². The van der Waals surface area contributed by atoms with Gasteiger partial charge in [0.1, 0.15) is 0 Å². The van der Waals surface area contributed by atoms with Crippen LogP contribution in [0.2, 0.25) is 0 Å². The van der Waals surface area contributed by atoms with Crippen LogP contribution in [-0.4, -0.2) is 9.49 Å². The summed E-state index contributed by atoms with van der Waals surface area (Å²) in [6.07, 6.45) is 8.57. The maximum atomic E-state index is 11.0. The minimum Gasteiger partial charge on any atom is -0.347 e. The van der Waals surface area contributed by atoms with E-state index in [1.54, 1.807) is 12.1 Å². The van der Waals surface area contributed by atoms with Gasteiger partial charge in [0.2, 0.25) is 0 Å². The lowest BCUT2D eigenvalue weighted by Gasteiger charge is -2.22. The van der Waals surface area contributed by atoms with Crippen LogP contribution >= 0.6 is 0 Å². The van der Waals surface area contributed by atoms with E-state index in [1.807, 2.05) is 18.3 Å². The van der Waals surface area contributed by atoms with Crippen LogP contribution in [0.25, 0.3) is 10.9 Å². The topological polar surface area (TPSA) is 48.1 Å². The molecule has 1 aliphatic carbocycles. The lowest BCUT2D eigenvalue weighted by molar-refractivity contribution is -0.383. The van der Waals surface area contributed by atoms with E-state index in [9.17, 15) is 10.1 Å². The fourth-order valence-corrected chi connectivity index (χ4v) is 3.17. The number of non-ortho nitro benzene ring substituents is 1. The fraction of sp³-hybridized carbons (Fsp3) is 0.467. The van der Waals surface area contributed by atoms with Gasteiger partial charge in [-0.3, -0.25) is 10.1 Å². The predicted molar refractivity (Wildman–Crippen MR) is 75.2 cm³/mol. The minimum absolute atomic E-state index is 0.208. The van der Waals surface area contributed by atoms with Gasteiger partial charge in [-0.05, 0) is 30.9 Å². The molecule has 0 unspecified atom stereocenters. The van der Waals surface area contributed by atoms with Crippen molar-refractivity contribution < 1.29 is 4.92 Å². The molecule has 1 aliphatic rings. The van der Waals surface area contributed by atoms with Crippen LogP contribution in [-0.2, 0) is 6.54 Å². The van der Waals surface area contributed by atoms with Crippen LogP contribution in [0.15, 0.2) is 30.5 Å². The van der Waals surface area contributed by atoms with Crippen LogP contribution in [0.4, 0.5) is 5.69 Å². The largest absolute Gasteiger partial charge is 0.347 e. The van der Waals surface area contributed by atoms with Gasteiger partial charge in [-0.25, -0.2) is 0 Å². The van der Waals surface area contributed by atoms with Crippen LogP contribution in [0.5, 0.6) is 0 Å². The van der Waals surface area contributed by atoms with E-state index in [0.29, 0.717) is 0 Å². The summed E-state index contributed by atoms with van der Waals surface area (Å²) < 4.78 is 2.18. The molecule has 1 fully saturated rings. The second kappa shape index (κ2) is 5.03. The first-order chi connectivity index (χ1) is 9.25. The van der Waals surface area contributed by atoms with Gasteiger partial charge in [0, 0.05) is 18.8 Å². The summed E-state index contributed by atoms with van der Waals surface area (Å²) in [5, 5.41) is 11.8. The molecular weight excluding hydrogens is 240 g/mol. The van der Waals surface area contributed by atoms with E-state index in [0.717, 1.165) is 23.4 Å². The fourth-order valence-electron chi connectivity index (χ4n) is 3.17. The van der Waals surface area contributed by atoms with Gasteiger partial charge in [0.25, 0.3) is 5.69 Å². The third kappa shape index (κ3) is 2.35. The van der Waals surface area contributed by atoms with Crippen LogP contribution < -0.4 is 0 Å². The van der Waals surface area contributed by atoms with Crippen molar-refractivity contribution in [1.82, 2.24) is 4.57 Å². The molecule has 3 rings (SSSR count). The first-order valence-corrected chi connectivity index (χ1v) is 6.98. The number of nitro benzene ring substituents is 1. The third-order valence-electron chi connectivity index (χ3n) is 4.17. The van der Waals surface area contributed by atoms with Crippen molar-refractivity contribution in [3.63, 3.8) is 0 Å². The Bertz CT molecular complexity index is 597. The van der Waals surface area contributed by atoms with E-state index >= 15 is 0 Å². The molecule has 1 aromatic carbocycles. The molecule has 0 radical (unpaired) electrons. The van der Waals surface area contributed by atoms with E-state index in [4.69, 9.17) is 0 Å². The van der Waals surface area contributed by atoms with E-state index in [-0.39, 0.29) is 10.6 Å². The lowest BCUT2D eigenvalue weighted by atomic mass is 9.89. The highest BCUT2D eigenvalue weighted by Gasteiger charge is 2.17. The molecule has 100 valence electrons. The molecule has 0 bridgehead atoms. The molecule has 19 heavy (non-hydrogen) atoms. The molecule has 0 spiro atoms. The van der Waals surface area contributed by atoms with Crippen molar-refractivity contribution in [1.29, 1.82) is 0 Å². The Morgan fingerprint density at radius 3 is 2.74 bits per heavy atom. The first-order valence-electron chi connectivity index (χ1n) is 6.98. The van der Waals surface area contributed by atoms with Crippen LogP contribution in [0, 0.1) is 16.0 Å². The Morgan fingerprint density at radius 2 is 2.00 bits per heavy atom. The summed E-state index contributed by atoms with van der Waals surface area (Å²) >= 11 is 0. The van der Waals surface area contributed by atoms with Crippen molar-refractivity contribution in [2.75, 3.05) is 0 Å². The normalized spacial score (nSPS) is 16.8. The standard InChI is InChI=1S/C15H18N2O2/c18-17(19)15-8-4-7-14-13(15)9-10-16(14)11-12-5-2-1-3-6-12/h4,7-10,12H,1-3,5-6,11H2. The Balaban J connectivity index is 1.92. The average molecular weight is 258 g/mol. The quantitative estimate of drug-likeness (QED) is 0.614. The number of aromatic nitrogens is 1. The zero-order valence-corrected chi connectivity index (χ0v) is 10.9. The molecule has 0 amide bonds. The summed E-state index contributed by atoms with van der Waals surface area (Å²) in [5.41, 5.74) is 1.19. The second-order valence-corrected chi connectivity index (χ2v) is 5.44. The second-order valence-electron chi connectivity index (χ2n) is 5.44. The molecule has 1 aromatic heterocycles. The Hall–Kier alpha value is -1.84. The van der Waals surface area contributed by atoms with Gasteiger partial charge in [0.05, 0.1) is 15.8 Å². The van der Waals surface area contributed by atoms with Gasteiger partial charge >= 0.3 is 0 Å². The van der Waals surface area contributed by atoms with Crippen molar-refractivity contribution >= 4 is 16.6 Å². The number of fused-ring (bicyclic) bond motifs is 1. The molecule has 0 aliphatic heterocycles. The molecular formula is C15H18N2O2. The maximum absolute atomic E-state index is 11.0. The van der Waals surface area contributed by atoms with E-state index in [1.165, 1.54) is 32.1 Å². The average Bonchev–Trinajstić information content (AvgIpc) is 2.83. The van der Waals surface area contributed by atoms with Crippen molar-refractivity contribution in [2.45, 2.75) is 38.6 Å². The molecule has 0 atom stereocenters. The number of hydrogen-bond acceptors (Lipinski definition) is 2. The molecule has 2 aromatic rings. The SMILES string of the molecule is O=[N+]([O-])c1cccc2c1ccn2CC1CCCCC1. The van der Waals surface area contributed by atoms with Gasteiger partial charge in [0.15, 0.2) is 0 Å². The van der Waals surface area contributed by atoms with Crippen molar-refractivity contribution in [3.05, 3.63) is 40.6 Å². The lowest BCUT2D eigenvalue weighted by Crippen LogP contribution is -2.13. The highest BCUT2D eigenvalue weighted by Crippen LogP contribution is 2.29. The van der Waals surface area contributed by atoms with Crippen LogP contribution in [0.1, 0.15) is 32.1 Å². The van der Waals surface area contributed by atoms with Crippen molar-refractivity contribution in [3.8, 4) is 0 Å². The first kappa shape index (κ1) is 12.2. The highest BCUT2D eigenvalue weighted by atomic mass is 16.6. The molecule has 0 N–H and O–H groups in total. The summed E-state index contributed by atoms with van der Waals surface area (Å²) in [7, 11) is 0. The van der Waals surface area contributed by atoms with Crippen molar-refractivity contribution in [2.24, 2.45) is 5.92 Å². The van der Waals surface area contributed by atoms with E-state index < -0.39 is 0 Å². The zero-order chi connectivity index (χ0) is 13.2. The maximum Gasteiger partial charge on any atom is 0.278 e. The number of hydrogen-bond donors (Lipinski definition) is 0. The zero-order valence-electron chi connectivity index (χ0n) is 10.9. The summed E-state index contributed by atoms with van der Waals surface area (Å²) in [4.78, 5) is 10.7. The molecule has 1 heterocycles. The smallest absolute Gasteiger partial charge is 0.278 e. The molecule has 4 nitrogen and oxygen atoms in total. The van der Waals surface area contributed by atoms with Crippen LogP contribution in [0.3, 0.4) is 0 Å². The van der Waals surface area contributed by atoms with Gasteiger partial charge in [-0.1, -0.05) is 25.3 Å². The Morgan fingerprint density at radius 1 is 1.21 bits per heavy atom. The summed E-state index contributed by atoms with van der Waals surface area (Å²) in [6, 6.07) is 7.20. The van der Waals surface area contributed by atoms with Gasteiger partial charge in [-0.2, -0.15) is 0 Å². The monoisotopic (exact) mass is 258 g/mol. The summed E-state index contributed by atoms with van der Waals surface area (Å²) in [5.74, 6) is 0.726. The number of nitrogens with zero attached hydrogens (tertiary/aromatic N) is 2. The Labute approximate surface area is 112 Å². The predicted octanol–water partition coefficient (Wildman–Crippen LogP) is 4.13. The molecule has 0 saturated heterocycles. The Kier molecular flexibility index (Phi) is 3.23. The number of nitro groups is 1. The highest BCUT2D eigenvalue weighted by molar-refractivity contribution is 5.89. The molecule has 1 saturated carbocycles. The third-order valence-corrected chi connectivity index (χ3v) is 4.17.